The van der Waals surface area contributed by atoms with Gasteiger partial charge in [0, 0.05) is 12.6 Å². The van der Waals surface area contributed by atoms with E-state index < -0.39 is 17.4 Å². The first-order chi connectivity index (χ1) is 17.2. The molecule has 0 radical (unpaired) electrons. The van der Waals surface area contributed by atoms with E-state index in [0.717, 1.165) is 44.9 Å². The monoisotopic (exact) mass is 497 g/mol. The Bertz CT molecular complexity index is 1090. The van der Waals surface area contributed by atoms with Gasteiger partial charge in [0.2, 0.25) is 17.7 Å². The summed E-state index contributed by atoms with van der Waals surface area (Å²) >= 11 is 0. The van der Waals surface area contributed by atoms with Crippen LogP contribution in [0.4, 0.5) is 4.39 Å². The summed E-state index contributed by atoms with van der Waals surface area (Å²) in [6, 6.07) is 7.21. The molecular weight excluding hydrogens is 461 g/mol. The van der Waals surface area contributed by atoms with E-state index in [4.69, 9.17) is 10.5 Å². The number of ether oxygens (including phenoxy) is 1. The largest absolute Gasteiger partial charge is 0.439 e. The van der Waals surface area contributed by atoms with E-state index in [-0.39, 0.29) is 23.7 Å². The summed E-state index contributed by atoms with van der Waals surface area (Å²) in [5, 5.41) is 3.09. The van der Waals surface area contributed by atoms with Crippen molar-refractivity contribution in [2.75, 3.05) is 13.6 Å². The van der Waals surface area contributed by atoms with Crippen LogP contribution < -0.4 is 15.8 Å². The van der Waals surface area contributed by atoms with E-state index in [2.05, 4.69) is 15.3 Å². The lowest BCUT2D eigenvalue weighted by Gasteiger charge is -2.42. The number of hydrogen-bond acceptors (Lipinski definition) is 6. The van der Waals surface area contributed by atoms with Crippen molar-refractivity contribution in [2.45, 2.75) is 70.4 Å². The first-order valence-electron chi connectivity index (χ1n) is 12.8. The number of nitrogens with two attached hydrogens (primary N) is 1. The van der Waals surface area contributed by atoms with E-state index in [9.17, 15) is 14.0 Å². The van der Waals surface area contributed by atoms with Crippen molar-refractivity contribution in [1.82, 2.24) is 20.2 Å². The molecular formula is C27H36FN5O3. The topological polar surface area (TPSA) is 110 Å². The van der Waals surface area contributed by atoms with Crippen LogP contribution in [-0.4, -0.2) is 45.8 Å². The van der Waals surface area contributed by atoms with E-state index >= 15 is 0 Å². The SMILES string of the molecule is CNC(C)(C(N)=O)[C@@H](C(=O)N1CCC[C@H]1c1cc(Oc2ccc(F)cc2)nc(C)n1)C1CCCCC1. The Balaban J connectivity index is 1.64. The quantitative estimate of drug-likeness (QED) is 0.570. The number of primary amides is 1. The van der Waals surface area contributed by atoms with Crippen LogP contribution in [0.2, 0.25) is 0 Å². The van der Waals surface area contributed by atoms with Gasteiger partial charge in [0.05, 0.1) is 17.7 Å². The molecule has 1 aliphatic heterocycles. The molecule has 1 aromatic heterocycles. The van der Waals surface area contributed by atoms with Gasteiger partial charge in [0.25, 0.3) is 0 Å². The maximum atomic E-state index is 14.2. The van der Waals surface area contributed by atoms with Crippen LogP contribution in [0.25, 0.3) is 0 Å². The number of aromatic nitrogens is 2. The standard InChI is InChI=1S/C27H36FN5O3/c1-17-31-21(16-23(32-17)36-20-13-11-19(28)12-14-20)22-10-7-15-33(22)25(34)24(18-8-5-4-6-9-18)27(2,30-3)26(29)35/h11-14,16,18,22,24,30H,4-10,15H2,1-3H3,(H2,29,35)/t22-,24+,27?/m0/s1. The number of amides is 2. The first-order valence-corrected chi connectivity index (χ1v) is 12.8. The van der Waals surface area contributed by atoms with E-state index in [1.807, 2.05) is 4.90 Å². The maximum absolute atomic E-state index is 14.2. The van der Waals surface area contributed by atoms with Crippen molar-refractivity contribution in [3.05, 3.63) is 47.7 Å². The van der Waals surface area contributed by atoms with E-state index in [1.54, 1.807) is 27.0 Å². The lowest BCUT2D eigenvalue weighted by atomic mass is 9.69. The highest BCUT2D eigenvalue weighted by Crippen LogP contribution is 2.41. The summed E-state index contributed by atoms with van der Waals surface area (Å²) in [4.78, 5) is 37.7. The second kappa shape index (κ2) is 10.9. The average molecular weight is 498 g/mol. The molecule has 2 amide bonds. The molecule has 1 saturated heterocycles. The fourth-order valence-corrected chi connectivity index (χ4v) is 5.74. The Morgan fingerprint density at radius 3 is 2.47 bits per heavy atom. The molecule has 4 rings (SSSR count). The fraction of sp³-hybridized carbons (Fsp3) is 0.556. The number of rotatable bonds is 8. The van der Waals surface area contributed by atoms with Gasteiger partial charge in [-0.15, -0.1) is 0 Å². The molecule has 2 heterocycles. The molecule has 9 heteroatoms. The number of halogens is 1. The van der Waals surface area contributed by atoms with Gasteiger partial charge in [-0.3, -0.25) is 9.59 Å². The Kier molecular flexibility index (Phi) is 7.88. The minimum Gasteiger partial charge on any atom is -0.439 e. The van der Waals surface area contributed by atoms with Gasteiger partial charge >= 0.3 is 0 Å². The smallest absolute Gasteiger partial charge is 0.238 e. The van der Waals surface area contributed by atoms with Gasteiger partial charge < -0.3 is 20.7 Å². The number of nitrogens with zero attached hydrogens (tertiary/aromatic N) is 3. The molecule has 36 heavy (non-hydrogen) atoms. The third-order valence-corrected chi connectivity index (χ3v) is 7.79. The van der Waals surface area contributed by atoms with Crippen LogP contribution in [0.15, 0.2) is 30.3 Å². The van der Waals surface area contributed by atoms with Crippen molar-refractivity contribution < 1.29 is 18.7 Å². The van der Waals surface area contributed by atoms with Crippen LogP contribution in [0.5, 0.6) is 11.6 Å². The second-order valence-electron chi connectivity index (χ2n) is 10.1. The molecule has 2 fully saturated rings. The predicted octanol–water partition coefficient (Wildman–Crippen LogP) is 4.04. The number of carbonyl (C=O) groups is 2. The summed E-state index contributed by atoms with van der Waals surface area (Å²) < 4.78 is 19.1. The van der Waals surface area contributed by atoms with Gasteiger partial charge in [-0.1, -0.05) is 19.3 Å². The Morgan fingerprint density at radius 2 is 1.83 bits per heavy atom. The molecule has 3 N–H and O–H groups in total. The number of aryl methyl sites for hydroxylation is 1. The summed E-state index contributed by atoms with van der Waals surface area (Å²) in [6.07, 6.45) is 6.63. The average Bonchev–Trinajstić information content (AvgIpc) is 3.36. The highest BCUT2D eigenvalue weighted by atomic mass is 19.1. The number of likely N-dealkylation sites (tertiary alicyclic amines) is 1. The molecule has 1 aliphatic carbocycles. The fourth-order valence-electron chi connectivity index (χ4n) is 5.74. The van der Waals surface area contributed by atoms with E-state index in [0.29, 0.717) is 29.7 Å². The third kappa shape index (κ3) is 5.36. The summed E-state index contributed by atoms with van der Waals surface area (Å²) in [7, 11) is 1.70. The van der Waals surface area contributed by atoms with Gasteiger partial charge in [-0.25, -0.2) is 9.37 Å². The number of likely N-dealkylation sites (N-methyl/N-ethyl adjacent to an activating group) is 1. The van der Waals surface area contributed by atoms with Crippen molar-refractivity contribution >= 4 is 11.8 Å². The predicted molar refractivity (Wildman–Crippen MR) is 134 cm³/mol. The number of carbonyl (C=O) groups excluding carboxylic acids is 2. The molecule has 0 bridgehead atoms. The zero-order valence-electron chi connectivity index (χ0n) is 21.3. The molecule has 2 aromatic rings. The normalized spacial score (nSPS) is 21.1. The summed E-state index contributed by atoms with van der Waals surface area (Å²) in [5.41, 5.74) is 5.41. The van der Waals surface area contributed by atoms with Crippen LogP contribution in [-0.2, 0) is 9.59 Å². The molecule has 2 aliphatic rings. The Hall–Kier alpha value is -3.07. The van der Waals surface area contributed by atoms with Gasteiger partial charge in [-0.05, 0) is 76.8 Å². The Morgan fingerprint density at radius 1 is 1.14 bits per heavy atom. The van der Waals surface area contributed by atoms with Crippen molar-refractivity contribution in [1.29, 1.82) is 0 Å². The zero-order chi connectivity index (χ0) is 25.9. The molecule has 1 unspecified atom stereocenters. The second-order valence-corrected chi connectivity index (χ2v) is 10.1. The molecule has 3 atom stereocenters. The van der Waals surface area contributed by atoms with Crippen molar-refractivity contribution in [2.24, 2.45) is 17.6 Å². The van der Waals surface area contributed by atoms with Gasteiger partial charge in [-0.2, -0.15) is 4.98 Å². The summed E-state index contributed by atoms with van der Waals surface area (Å²) in [6.45, 7) is 4.11. The number of hydrogen-bond donors (Lipinski definition) is 2. The highest BCUT2D eigenvalue weighted by molar-refractivity contribution is 5.93. The van der Waals surface area contributed by atoms with Crippen LogP contribution in [0, 0.1) is 24.6 Å². The molecule has 1 saturated carbocycles. The molecule has 8 nitrogen and oxygen atoms in total. The minimum absolute atomic E-state index is 0.0580. The zero-order valence-corrected chi connectivity index (χ0v) is 21.3. The van der Waals surface area contributed by atoms with Crippen LogP contribution in [0.3, 0.4) is 0 Å². The molecule has 1 aromatic carbocycles. The van der Waals surface area contributed by atoms with Crippen LogP contribution in [0.1, 0.15) is 69.4 Å². The van der Waals surface area contributed by atoms with Gasteiger partial charge in [0.1, 0.15) is 22.9 Å². The minimum atomic E-state index is -1.15. The van der Waals surface area contributed by atoms with Crippen molar-refractivity contribution in [3.63, 3.8) is 0 Å². The lowest BCUT2D eigenvalue weighted by molar-refractivity contribution is -0.147. The lowest BCUT2D eigenvalue weighted by Crippen LogP contribution is -2.63. The van der Waals surface area contributed by atoms with Crippen molar-refractivity contribution in [3.8, 4) is 11.6 Å². The van der Waals surface area contributed by atoms with Gasteiger partial charge in [0.15, 0.2) is 0 Å². The first kappa shape index (κ1) is 26.0. The Labute approximate surface area is 211 Å². The third-order valence-electron chi connectivity index (χ3n) is 7.79. The number of benzene rings is 1. The van der Waals surface area contributed by atoms with Crippen LogP contribution >= 0.6 is 0 Å². The number of nitrogens with one attached hydrogen (secondary N) is 1. The highest BCUT2D eigenvalue weighted by Gasteiger charge is 2.50. The van der Waals surface area contributed by atoms with E-state index in [1.165, 1.54) is 24.3 Å². The maximum Gasteiger partial charge on any atom is 0.238 e. The molecule has 194 valence electrons. The summed E-state index contributed by atoms with van der Waals surface area (Å²) in [5.74, 6) is -0.0764. The molecule has 0 spiro atoms.